The predicted molar refractivity (Wildman–Crippen MR) is 116 cm³/mol. The molecule has 2 aromatic carbocycles. The number of carbonyl (C=O) groups is 1. The number of amides is 1. The number of unbranched alkanes of at least 4 members (excludes halogenated alkanes) is 1. The van der Waals surface area contributed by atoms with Crippen molar-refractivity contribution in [3.05, 3.63) is 83.1 Å². The van der Waals surface area contributed by atoms with Crippen molar-refractivity contribution >= 4 is 17.7 Å². The van der Waals surface area contributed by atoms with Crippen LogP contribution in [0, 0.1) is 11.3 Å². The van der Waals surface area contributed by atoms with Crippen molar-refractivity contribution in [2.24, 2.45) is 0 Å². The van der Waals surface area contributed by atoms with E-state index in [4.69, 9.17) is 4.42 Å². The fraction of sp³-hybridized carbons (Fsp3) is 0.200. The highest BCUT2D eigenvalue weighted by molar-refractivity contribution is 6.09. The molecule has 3 aromatic rings. The van der Waals surface area contributed by atoms with Gasteiger partial charge in [-0.15, -0.1) is 0 Å². The zero-order chi connectivity index (χ0) is 23.1. The van der Waals surface area contributed by atoms with Crippen LogP contribution in [0.1, 0.15) is 36.7 Å². The Labute approximate surface area is 184 Å². The van der Waals surface area contributed by atoms with Crippen molar-refractivity contribution < 1.29 is 22.4 Å². The van der Waals surface area contributed by atoms with Crippen molar-refractivity contribution in [3.63, 3.8) is 0 Å². The lowest BCUT2D eigenvalue weighted by molar-refractivity contribution is -0.137. The van der Waals surface area contributed by atoms with Gasteiger partial charge in [0.25, 0.3) is 5.91 Å². The Morgan fingerprint density at radius 1 is 1.12 bits per heavy atom. The number of aryl methyl sites for hydroxylation is 1. The molecule has 0 unspecified atom stereocenters. The van der Waals surface area contributed by atoms with Gasteiger partial charge in [0.05, 0.1) is 5.56 Å². The van der Waals surface area contributed by atoms with Gasteiger partial charge in [-0.1, -0.05) is 37.6 Å². The third-order valence-corrected chi connectivity index (χ3v) is 4.78. The first-order valence-electron chi connectivity index (χ1n) is 10.1. The minimum atomic E-state index is -4.47. The lowest BCUT2D eigenvalue weighted by Gasteiger charge is -2.07. The second kappa shape index (κ2) is 10.0. The van der Waals surface area contributed by atoms with Crippen LogP contribution in [0.2, 0.25) is 0 Å². The highest BCUT2D eigenvalue weighted by atomic mass is 19.4. The molecule has 0 aliphatic carbocycles. The molecular weight excluding hydrogens is 417 g/mol. The molecule has 0 saturated heterocycles. The standard InChI is InChI=1S/C25H21F3N2O2/c1-2-3-5-17-8-10-21(11-9-17)30-24(31)19(16-29)15-22-12-13-23(32-22)18-6-4-7-20(14-18)25(26,27)28/h4,6-15H,2-3,5H2,1H3,(H,30,31)/b19-15+. The van der Waals surface area contributed by atoms with E-state index in [1.807, 2.05) is 18.2 Å². The molecule has 0 spiro atoms. The van der Waals surface area contributed by atoms with Crippen LogP contribution in [0.5, 0.6) is 0 Å². The van der Waals surface area contributed by atoms with Crippen LogP contribution in [0.3, 0.4) is 0 Å². The number of hydrogen-bond donors (Lipinski definition) is 1. The van der Waals surface area contributed by atoms with Crippen molar-refractivity contribution in [2.75, 3.05) is 5.32 Å². The van der Waals surface area contributed by atoms with Gasteiger partial charge in [-0.3, -0.25) is 4.79 Å². The van der Waals surface area contributed by atoms with Gasteiger partial charge < -0.3 is 9.73 Å². The highest BCUT2D eigenvalue weighted by Gasteiger charge is 2.30. The maximum Gasteiger partial charge on any atom is 0.416 e. The SMILES string of the molecule is CCCCc1ccc(NC(=O)/C(C#N)=C/c2ccc(-c3cccc(C(F)(F)F)c3)o2)cc1. The van der Waals surface area contributed by atoms with E-state index in [1.165, 1.54) is 35.9 Å². The van der Waals surface area contributed by atoms with E-state index in [2.05, 4.69) is 12.2 Å². The molecule has 0 aliphatic rings. The topological polar surface area (TPSA) is 66.0 Å². The van der Waals surface area contributed by atoms with Gasteiger partial charge in [0.2, 0.25) is 0 Å². The summed E-state index contributed by atoms with van der Waals surface area (Å²) in [4.78, 5) is 12.5. The number of hydrogen-bond acceptors (Lipinski definition) is 3. The van der Waals surface area contributed by atoms with Gasteiger partial charge in [-0.05, 0) is 54.8 Å². The monoisotopic (exact) mass is 438 g/mol. The summed E-state index contributed by atoms with van der Waals surface area (Å²) in [7, 11) is 0. The minimum Gasteiger partial charge on any atom is -0.457 e. The average Bonchev–Trinajstić information content (AvgIpc) is 3.25. The third kappa shape index (κ3) is 5.88. The zero-order valence-corrected chi connectivity index (χ0v) is 17.4. The highest BCUT2D eigenvalue weighted by Crippen LogP contribution is 2.32. The first-order valence-corrected chi connectivity index (χ1v) is 10.1. The number of alkyl halides is 3. The summed E-state index contributed by atoms with van der Waals surface area (Å²) >= 11 is 0. The molecule has 32 heavy (non-hydrogen) atoms. The Bertz CT molecular complexity index is 1150. The van der Waals surface area contributed by atoms with Crippen LogP contribution in [0.4, 0.5) is 18.9 Å². The zero-order valence-electron chi connectivity index (χ0n) is 17.4. The molecule has 0 saturated carbocycles. The summed E-state index contributed by atoms with van der Waals surface area (Å²) in [5.74, 6) is -0.229. The minimum absolute atomic E-state index is 0.180. The summed E-state index contributed by atoms with van der Waals surface area (Å²) in [6, 6.07) is 16.9. The molecular formula is C25H21F3N2O2. The lowest BCUT2D eigenvalue weighted by atomic mass is 10.1. The first kappa shape index (κ1) is 22.9. The summed E-state index contributed by atoms with van der Waals surface area (Å²) < 4.78 is 44.3. The van der Waals surface area contributed by atoms with E-state index < -0.39 is 17.6 Å². The van der Waals surface area contributed by atoms with Gasteiger partial charge in [-0.25, -0.2) is 0 Å². The number of halogens is 3. The maximum atomic E-state index is 12.9. The van der Waals surface area contributed by atoms with Crippen molar-refractivity contribution in [3.8, 4) is 17.4 Å². The van der Waals surface area contributed by atoms with Gasteiger partial charge in [0, 0.05) is 17.3 Å². The summed E-state index contributed by atoms with van der Waals surface area (Å²) in [6.07, 6.45) is -0.0792. The molecule has 0 aliphatic heterocycles. The smallest absolute Gasteiger partial charge is 0.416 e. The molecule has 4 nitrogen and oxygen atoms in total. The van der Waals surface area contributed by atoms with E-state index in [1.54, 1.807) is 12.1 Å². The van der Waals surface area contributed by atoms with E-state index in [9.17, 15) is 23.2 Å². The van der Waals surface area contributed by atoms with E-state index in [0.29, 0.717) is 5.69 Å². The van der Waals surface area contributed by atoms with Crippen LogP contribution in [-0.4, -0.2) is 5.91 Å². The molecule has 0 fully saturated rings. The molecule has 1 aromatic heterocycles. The van der Waals surface area contributed by atoms with Gasteiger partial charge in [-0.2, -0.15) is 18.4 Å². The van der Waals surface area contributed by atoms with Crippen LogP contribution < -0.4 is 5.32 Å². The fourth-order valence-corrected chi connectivity index (χ4v) is 3.06. The predicted octanol–water partition coefficient (Wildman–Crippen LogP) is 6.85. The van der Waals surface area contributed by atoms with E-state index in [-0.39, 0.29) is 22.7 Å². The van der Waals surface area contributed by atoms with E-state index >= 15 is 0 Å². The number of carbonyl (C=O) groups excluding carboxylic acids is 1. The Morgan fingerprint density at radius 3 is 2.53 bits per heavy atom. The summed E-state index contributed by atoms with van der Waals surface area (Å²) in [5.41, 5.74) is 0.982. The van der Waals surface area contributed by atoms with Crippen LogP contribution in [-0.2, 0) is 17.4 Å². The fourth-order valence-electron chi connectivity index (χ4n) is 3.06. The molecule has 3 rings (SSSR count). The number of nitriles is 1. The van der Waals surface area contributed by atoms with Crippen molar-refractivity contribution in [1.29, 1.82) is 5.26 Å². The number of rotatable bonds is 7. The number of anilines is 1. The number of nitrogens with zero attached hydrogens (tertiary/aromatic N) is 1. The molecule has 164 valence electrons. The van der Waals surface area contributed by atoms with Crippen molar-refractivity contribution in [2.45, 2.75) is 32.4 Å². The Balaban J connectivity index is 1.74. The average molecular weight is 438 g/mol. The lowest BCUT2D eigenvalue weighted by Crippen LogP contribution is -2.13. The third-order valence-electron chi connectivity index (χ3n) is 4.78. The summed E-state index contributed by atoms with van der Waals surface area (Å²) in [5, 5.41) is 12.0. The molecule has 1 amide bonds. The van der Waals surface area contributed by atoms with Gasteiger partial charge in [0.15, 0.2) is 0 Å². The number of furan rings is 1. The van der Waals surface area contributed by atoms with Crippen LogP contribution in [0.25, 0.3) is 17.4 Å². The number of nitrogens with one attached hydrogen (secondary N) is 1. The Morgan fingerprint density at radius 2 is 1.88 bits per heavy atom. The second-order valence-electron chi connectivity index (χ2n) is 7.20. The Hall–Kier alpha value is -3.79. The van der Waals surface area contributed by atoms with Crippen molar-refractivity contribution in [1.82, 2.24) is 0 Å². The normalized spacial score (nSPS) is 11.8. The van der Waals surface area contributed by atoms with Gasteiger partial charge >= 0.3 is 6.18 Å². The molecule has 0 atom stereocenters. The molecule has 7 heteroatoms. The van der Waals surface area contributed by atoms with Crippen LogP contribution >= 0.6 is 0 Å². The molecule has 1 N–H and O–H groups in total. The largest absolute Gasteiger partial charge is 0.457 e. The number of benzene rings is 2. The van der Waals surface area contributed by atoms with E-state index in [0.717, 1.165) is 31.4 Å². The van der Waals surface area contributed by atoms with Gasteiger partial charge in [0.1, 0.15) is 23.2 Å². The molecule has 0 radical (unpaired) electrons. The Kier molecular flexibility index (Phi) is 7.16. The first-order chi connectivity index (χ1) is 15.3. The second-order valence-corrected chi connectivity index (χ2v) is 7.20. The quantitative estimate of drug-likeness (QED) is 0.324. The summed E-state index contributed by atoms with van der Waals surface area (Å²) in [6.45, 7) is 2.12. The molecule has 0 bridgehead atoms. The molecule has 1 heterocycles. The maximum absolute atomic E-state index is 12.9. The van der Waals surface area contributed by atoms with Crippen LogP contribution in [0.15, 0.2) is 70.7 Å².